The molecule has 1 aromatic carbocycles. The van der Waals surface area contributed by atoms with Gasteiger partial charge in [-0.1, -0.05) is 6.92 Å². The monoisotopic (exact) mass is 298 g/mol. The van der Waals surface area contributed by atoms with Gasteiger partial charge in [-0.25, -0.2) is 0 Å². The molecule has 2 aromatic rings. The van der Waals surface area contributed by atoms with Gasteiger partial charge in [-0.15, -0.1) is 0 Å². The Morgan fingerprint density at radius 3 is 2.95 bits per heavy atom. The van der Waals surface area contributed by atoms with Gasteiger partial charge in [0.05, 0.1) is 18.7 Å². The van der Waals surface area contributed by atoms with Crippen molar-refractivity contribution in [3.05, 3.63) is 29.5 Å². The zero-order chi connectivity index (χ0) is 15.5. The minimum atomic E-state index is 0.712. The molecule has 0 saturated heterocycles. The number of nitrogens with one attached hydrogen (secondary N) is 2. The summed E-state index contributed by atoms with van der Waals surface area (Å²) < 4.78 is 5.92. The molecule has 0 spiro atoms. The molecule has 3 rings (SSSR count). The smallest absolute Gasteiger partial charge is 0.195 e. The van der Waals surface area contributed by atoms with Crippen LogP contribution in [0.1, 0.15) is 24.5 Å². The summed E-state index contributed by atoms with van der Waals surface area (Å²) in [5, 5.41) is 7.70. The molecule has 5 nitrogen and oxygen atoms in total. The van der Waals surface area contributed by atoms with Crippen LogP contribution >= 0.6 is 0 Å². The van der Waals surface area contributed by atoms with Crippen LogP contribution in [0.2, 0.25) is 0 Å². The molecule has 0 radical (unpaired) electrons. The molecule has 2 heterocycles. The summed E-state index contributed by atoms with van der Waals surface area (Å²) in [4.78, 5) is 8.93. The highest BCUT2D eigenvalue weighted by Crippen LogP contribution is 2.34. The first-order chi connectivity index (χ1) is 10.7. The van der Waals surface area contributed by atoms with Crippen LogP contribution in [0.5, 0.6) is 5.75 Å². The molecule has 1 aliphatic rings. The van der Waals surface area contributed by atoms with Gasteiger partial charge in [0.25, 0.3) is 0 Å². The fraction of sp³-hybridized carbons (Fsp3) is 0.412. The number of ether oxygens (including phenoxy) is 1. The number of fused-ring (bicyclic) bond motifs is 1. The van der Waals surface area contributed by atoms with Crippen LogP contribution in [0.4, 0.5) is 5.69 Å². The highest BCUT2D eigenvalue weighted by molar-refractivity contribution is 6.01. The Balaban J connectivity index is 2.08. The lowest BCUT2D eigenvalue weighted by molar-refractivity contribution is 0.321. The summed E-state index contributed by atoms with van der Waals surface area (Å²) in [7, 11) is 0. The second kappa shape index (κ2) is 6.22. The van der Waals surface area contributed by atoms with E-state index < -0.39 is 0 Å². The molecule has 5 heteroatoms. The number of hydrogen-bond donors (Lipinski definition) is 2. The Kier molecular flexibility index (Phi) is 4.13. The molecular weight excluding hydrogens is 276 g/mol. The van der Waals surface area contributed by atoms with Crippen LogP contribution in [0.25, 0.3) is 10.9 Å². The number of aryl methyl sites for hydroxylation is 2. The molecule has 1 aromatic heterocycles. The minimum Gasteiger partial charge on any atom is -0.493 e. The van der Waals surface area contributed by atoms with Crippen LogP contribution in [0.15, 0.2) is 23.3 Å². The Bertz CT molecular complexity index is 724. The average Bonchev–Trinajstić information content (AvgIpc) is 3.03. The van der Waals surface area contributed by atoms with Crippen molar-refractivity contribution >= 4 is 22.5 Å². The van der Waals surface area contributed by atoms with E-state index in [1.807, 2.05) is 12.3 Å². The van der Waals surface area contributed by atoms with Crippen LogP contribution < -0.4 is 15.4 Å². The van der Waals surface area contributed by atoms with Crippen LogP contribution in [0.3, 0.4) is 0 Å². The molecule has 116 valence electrons. The van der Waals surface area contributed by atoms with Crippen LogP contribution in [0, 0.1) is 13.8 Å². The summed E-state index contributed by atoms with van der Waals surface area (Å²) in [6.45, 7) is 8.70. The molecule has 0 bridgehead atoms. The Hall–Kier alpha value is -2.30. The maximum absolute atomic E-state index is 5.92. The second-order valence-electron chi connectivity index (χ2n) is 5.53. The molecule has 0 unspecified atom stereocenters. The molecule has 2 N–H and O–H groups in total. The zero-order valence-electron chi connectivity index (χ0n) is 13.4. The largest absolute Gasteiger partial charge is 0.493 e. The van der Waals surface area contributed by atoms with Crippen molar-refractivity contribution < 1.29 is 4.74 Å². The first-order valence-corrected chi connectivity index (χ1v) is 7.77. The average molecular weight is 298 g/mol. The molecule has 1 aliphatic heterocycles. The van der Waals surface area contributed by atoms with Gasteiger partial charge in [-0.3, -0.25) is 9.98 Å². The number of hydrogen-bond acceptors (Lipinski definition) is 5. The summed E-state index contributed by atoms with van der Waals surface area (Å²) in [5.41, 5.74) is 4.31. The highest BCUT2D eigenvalue weighted by Gasteiger charge is 2.14. The van der Waals surface area contributed by atoms with Gasteiger partial charge in [-0.2, -0.15) is 0 Å². The number of guanidine groups is 1. The van der Waals surface area contributed by atoms with E-state index in [1.165, 1.54) is 0 Å². The van der Waals surface area contributed by atoms with Gasteiger partial charge >= 0.3 is 0 Å². The Labute approximate surface area is 130 Å². The number of nitrogens with zero attached hydrogens (tertiary/aromatic N) is 2. The van der Waals surface area contributed by atoms with E-state index in [0.717, 1.165) is 58.9 Å². The second-order valence-corrected chi connectivity index (χ2v) is 5.53. The van der Waals surface area contributed by atoms with Gasteiger partial charge in [0.15, 0.2) is 5.96 Å². The van der Waals surface area contributed by atoms with Crippen molar-refractivity contribution in [3.8, 4) is 5.75 Å². The molecule has 0 atom stereocenters. The molecule has 0 fully saturated rings. The van der Waals surface area contributed by atoms with Crippen LogP contribution in [-0.4, -0.2) is 30.6 Å². The van der Waals surface area contributed by atoms with E-state index in [1.54, 1.807) is 0 Å². The topological polar surface area (TPSA) is 58.5 Å². The number of anilines is 1. The number of pyridine rings is 1. The van der Waals surface area contributed by atoms with E-state index in [2.05, 4.69) is 47.4 Å². The normalized spacial score (nSPS) is 13.9. The number of aromatic nitrogens is 1. The molecular formula is C17H22N4O. The maximum Gasteiger partial charge on any atom is 0.195 e. The first kappa shape index (κ1) is 14.6. The van der Waals surface area contributed by atoms with Gasteiger partial charge in [0.1, 0.15) is 5.75 Å². The lowest BCUT2D eigenvalue weighted by Crippen LogP contribution is -2.26. The summed E-state index contributed by atoms with van der Waals surface area (Å²) >= 11 is 0. The third-order valence-electron chi connectivity index (χ3n) is 3.82. The van der Waals surface area contributed by atoms with Crippen molar-refractivity contribution in [2.75, 3.05) is 25.0 Å². The zero-order valence-corrected chi connectivity index (χ0v) is 13.4. The predicted octanol–water partition coefficient (Wildman–Crippen LogP) is 3.01. The maximum atomic E-state index is 5.92. The number of rotatable bonds is 4. The highest BCUT2D eigenvalue weighted by atomic mass is 16.5. The first-order valence-electron chi connectivity index (χ1n) is 7.77. The third-order valence-corrected chi connectivity index (χ3v) is 3.82. The van der Waals surface area contributed by atoms with E-state index in [0.29, 0.717) is 6.61 Å². The summed E-state index contributed by atoms with van der Waals surface area (Å²) in [6, 6.07) is 4.07. The third kappa shape index (κ3) is 2.71. The van der Waals surface area contributed by atoms with Crippen LogP contribution in [-0.2, 0) is 0 Å². The molecule has 0 saturated carbocycles. The standard InChI is InChI=1S/C17H22N4O/c1-4-9-22-14-5-6-18-16-11(2)10-13(12(3)15(14)16)21-17-19-7-8-20-17/h5-6,10H,4,7-9H2,1-3H3,(H2,19,20,21). The fourth-order valence-electron chi connectivity index (χ4n) is 2.70. The lowest BCUT2D eigenvalue weighted by atomic mass is 10.0. The van der Waals surface area contributed by atoms with E-state index in [9.17, 15) is 0 Å². The summed E-state index contributed by atoms with van der Waals surface area (Å²) in [6.07, 6.45) is 2.80. The van der Waals surface area contributed by atoms with Crippen molar-refractivity contribution in [1.82, 2.24) is 10.3 Å². The number of aliphatic imine (C=N–C) groups is 1. The van der Waals surface area contributed by atoms with Crippen molar-refractivity contribution in [2.45, 2.75) is 27.2 Å². The van der Waals surface area contributed by atoms with Gasteiger partial charge < -0.3 is 15.4 Å². The van der Waals surface area contributed by atoms with Crippen molar-refractivity contribution in [1.29, 1.82) is 0 Å². The van der Waals surface area contributed by atoms with Gasteiger partial charge in [-0.05, 0) is 43.5 Å². The van der Waals surface area contributed by atoms with Crippen molar-refractivity contribution in [3.63, 3.8) is 0 Å². The Morgan fingerprint density at radius 1 is 1.36 bits per heavy atom. The van der Waals surface area contributed by atoms with E-state index in [4.69, 9.17) is 4.74 Å². The quantitative estimate of drug-likeness (QED) is 0.911. The summed E-state index contributed by atoms with van der Waals surface area (Å²) in [5.74, 6) is 1.74. The predicted molar refractivity (Wildman–Crippen MR) is 90.9 cm³/mol. The van der Waals surface area contributed by atoms with Gasteiger partial charge in [0.2, 0.25) is 0 Å². The van der Waals surface area contributed by atoms with E-state index in [-0.39, 0.29) is 0 Å². The lowest BCUT2D eigenvalue weighted by Gasteiger charge is -2.16. The van der Waals surface area contributed by atoms with Gasteiger partial charge in [0, 0.05) is 23.8 Å². The van der Waals surface area contributed by atoms with Crippen molar-refractivity contribution in [2.24, 2.45) is 4.99 Å². The molecule has 0 aliphatic carbocycles. The Morgan fingerprint density at radius 2 is 2.23 bits per heavy atom. The molecule has 22 heavy (non-hydrogen) atoms. The number of benzene rings is 1. The fourth-order valence-corrected chi connectivity index (χ4v) is 2.70. The van der Waals surface area contributed by atoms with E-state index >= 15 is 0 Å². The SMILES string of the molecule is CCCOc1ccnc2c(C)cc(NC3=NCCN3)c(C)c12. The molecule has 0 amide bonds. The minimum absolute atomic E-state index is 0.712.